The van der Waals surface area contributed by atoms with Crippen molar-refractivity contribution in [3.05, 3.63) is 47.0 Å². The van der Waals surface area contributed by atoms with Gasteiger partial charge >= 0.3 is 0 Å². The van der Waals surface area contributed by atoms with Crippen LogP contribution < -0.4 is 5.32 Å². The number of morpholine rings is 1. The highest BCUT2D eigenvalue weighted by molar-refractivity contribution is 7.89. The van der Waals surface area contributed by atoms with E-state index in [0.717, 1.165) is 17.0 Å². The largest absolute Gasteiger partial charge is 0.379 e. The summed E-state index contributed by atoms with van der Waals surface area (Å²) >= 11 is 0. The number of fused-ring (bicyclic) bond motifs is 1. The molecule has 1 aliphatic rings. The number of carbonyl (C=O) groups is 1. The molecule has 4 rings (SSSR count). The van der Waals surface area contributed by atoms with Gasteiger partial charge in [-0.2, -0.15) is 14.4 Å². The molecular weight excluding hydrogens is 432 g/mol. The zero-order chi connectivity index (χ0) is 22.9. The van der Waals surface area contributed by atoms with E-state index >= 15 is 0 Å². The molecule has 170 valence electrons. The van der Waals surface area contributed by atoms with Crippen LogP contribution in [0.4, 0.5) is 5.69 Å². The summed E-state index contributed by atoms with van der Waals surface area (Å²) < 4.78 is 34.4. The molecule has 0 radical (unpaired) electrons. The maximum absolute atomic E-state index is 13.1. The third kappa shape index (κ3) is 4.36. The molecule has 1 aromatic carbocycles. The van der Waals surface area contributed by atoms with E-state index < -0.39 is 10.0 Å². The van der Waals surface area contributed by atoms with Gasteiger partial charge in [-0.05, 0) is 50.5 Å². The van der Waals surface area contributed by atoms with Crippen molar-refractivity contribution in [3.8, 4) is 0 Å². The standard InChI is InChI=1S/C21H26N6O4S/c1-14-4-5-17(12-19(14)32(29,30)26-8-10-31-11-9-26)25-20(28)7-6-18-15(2)24-21-22-13-23-27(21)16(18)3/h4-5,12-13H,6-11H2,1-3H3,(H,25,28). The van der Waals surface area contributed by atoms with E-state index in [-0.39, 0.29) is 17.2 Å². The Labute approximate surface area is 186 Å². The number of amides is 1. The summed E-state index contributed by atoms with van der Waals surface area (Å²) in [5.74, 6) is 0.322. The van der Waals surface area contributed by atoms with Crippen LogP contribution in [0.5, 0.6) is 0 Å². The quantitative estimate of drug-likeness (QED) is 0.596. The van der Waals surface area contributed by atoms with Crippen molar-refractivity contribution in [1.29, 1.82) is 0 Å². The van der Waals surface area contributed by atoms with Crippen LogP contribution >= 0.6 is 0 Å². The van der Waals surface area contributed by atoms with Crippen LogP contribution in [0.25, 0.3) is 5.78 Å². The molecule has 11 heteroatoms. The molecule has 3 aromatic rings. The molecule has 10 nitrogen and oxygen atoms in total. The van der Waals surface area contributed by atoms with E-state index in [1.165, 1.54) is 16.7 Å². The van der Waals surface area contributed by atoms with Crippen LogP contribution in [0.3, 0.4) is 0 Å². The summed E-state index contributed by atoms with van der Waals surface area (Å²) in [6.07, 6.45) is 2.16. The van der Waals surface area contributed by atoms with Gasteiger partial charge in [0.05, 0.1) is 18.1 Å². The van der Waals surface area contributed by atoms with E-state index in [9.17, 15) is 13.2 Å². The van der Waals surface area contributed by atoms with Gasteiger partial charge in [0.25, 0.3) is 5.78 Å². The number of benzene rings is 1. The third-order valence-electron chi connectivity index (χ3n) is 5.65. The number of aryl methyl sites for hydroxylation is 3. The van der Waals surface area contributed by atoms with Crippen molar-refractivity contribution < 1.29 is 17.9 Å². The summed E-state index contributed by atoms with van der Waals surface area (Å²) in [5.41, 5.74) is 3.73. The number of nitrogens with zero attached hydrogens (tertiary/aromatic N) is 5. The van der Waals surface area contributed by atoms with Gasteiger partial charge in [-0.3, -0.25) is 4.79 Å². The minimum atomic E-state index is -3.65. The lowest BCUT2D eigenvalue weighted by atomic mass is 10.1. The van der Waals surface area contributed by atoms with Gasteiger partial charge in [-0.1, -0.05) is 6.07 Å². The fourth-order valence-corrected chi connectivity index (χ4v) is 5.52. The van der Waals surface area contributed by atoms with Crippen LogP contribution in [-0.2, 0) is 26.0 Å². The van der Waals surface area contributed by atoms with E-state index in [4.69, 9.17) is 4.74 Å². The van der Waals surface area contributed by atoms with Crippen LogP contribution in [-0.4, -0.2) is 64.5 Å². The Morgan fingerprint density at radius 1 is 1.19 bits per heavy atom. The minimum Gasteiger partial charge on any atom is -0.379 e. The van der Waals surface area contributed by atoms with Gasteiger partial charge in [0, 0.05) is 36.6 Å². The van der Waals surface area contributed by atoms with E-state index in [1.807, 2.05) is 13.8 Å². The highest BCUT2D eigenvalue weighted by Crippen LogP contribution is 2.25. The van der Waals surface area contributed by atoms with Crippen LogP contribution in [0, 0.1) is 20.8 Å². The Hall–Kier alpha value is -2.89. The van der Waals surface area contributed by atoms with Gasteiger partial charge in [0.2, 0.25) is 15.9 Å². The van der Waals surface area contributed by atoms with E-state index in [0.29, 0.717) is 49.8 Å². The van der Waals surface area contributed by atoms with Crippen molar-refractivity contribution in [3.63, 3.8) is 0 Å². The van der Waals surface area contributed by atoms with Crippen molar-refractivity contribution in [2.24, 2.45) is 0 Å². The van der Waals surface area contributed by atoms with Crippen LogP contribution in [0.15, 0.2) is 29.4 Å². The van der Waals surface area contributed by atoms with E-state index in [1.54, 1.807) is 23.6 Å². The van der Waals surface area contributed by atoms with Crippen molar-refractivity contribution in [2.45, 2.75) is 38.5 Å². The van der Waals surface area contributed by atoms with Gasteiger partial charge < -0.3 is 10.1 Å². The lowest BCUT2D eigenvalue weighted by molar-refractivity contribution is -0.116. The molecule has 0 unspecified atom stereocenters. The Bertz CT molecular complexity index is 1260. The zero-order valence-electron chi connectivity index (χ0n) is 18.3. The minimum absolute atomic E-state index is 0.199. The third-order valence-corrected chi connectivity index (χ3v) is 7.69. The molecule has 3 heterocycles. The zero-order valence-corrected chi connectivity index (χ0v) is 19.1. The number of anilines is 1. The summed E-state index contributed by atoms with van der Waals surface area (Å²) in [7, 11) is -3.65. The average molecular weight is 459 g/mol. The molecule has 0 atom stereocenters. The van der Waals surface area contributed by atoms with Crippen LogP contribution in [0.2, 0.25) is 0 Å². The smallest absolute Gasteiger partial charge is 0.252 e. The number of hydrogen-bond acceptors (Lipinski definition) is 7. The normalized spacial score (nSPS) is 15.2. The Morgan fingerprint density at radius 2 is 1.94 bits per heavy atom. The summed E-state index contributed by atoms with van der Waals surface area (Å²) in [6.45, 7) is 6.95. The monoisotopic (exact) mass is 458 g/mol. The number of rotatable bonds is 6. The van der Waals surface area contributed by atoms with Gasteiger partial charge in [0.1, 0.15) is 6.33 Å². The topological polar surface area (TPSA) is 119 Å². The lowest BCUT2D eigenvalue weighted by Gasteiger charge is -2.26. The van der Waals surface area contributed by atoms with E-state index in [2.05, 4.69) is 20.4 Å². The van der Waals surface area contributed by atoms with Crippen LogP contribution in [0.1, 0.15) is 28.9 Å². The maximum Gasteiger partial charge on any atom is 0.252 e. The number of ether oxygens (including phenoxy) is 1. The maximum atomic E-state index is 13.1. The number of nitrogens with one attached hydrogen (secondary N) is 1. The highest BCUT2D eigenvalue weighted by Gasteiger charge is 2.28. The second-order valence-corrected chi connectivity index (χ2v) is 9.68. The fourth-order valence-electron chi connectivity index (χ4n) is 3.86. The molecule has 32 heavy (non-hydrogen) atoms. The average Bonchev–Trinajstić information content (AvgIpc) is 3.24. The molecule has 1 fully saturated rings. The first-order valence-corrected chi connectivity index (χ1v) is 11.9. The summed E-state index contributed by atoms with van der Waals surface area (Å²) in [5, 5.41) is 6.99. The second-order valence-electron chi connectivity index (χ2n) is 7.78. The number of hydrogen-bond donors (Lipinski definition) is 1. The molecule has 1 saturated heterocycles. The Kier molecular flexibility index (Phi) is 6.22. The SMILES string of the molecule is Cc1ccc(NC(=O)CCc2c(C)nc3ncnn3c2C)cc1S(=O)(=O)N1CCOCC1. The molecule has 0 saturated carbocycles. The molecule has 1 N–H and O–H groups in total. The molecule has 1 aliphatic heterocycles. The number of aromatic nitrogens is 4. The Morgan fingerprint density at radius 3 is 2.69 bits per heavy atom. The first kappa shape index (κ1) is 22.3. The first-order valence-electron chi connectivity index (χ1n) is 10.4. The van der Waals surface area contributed by atoms with Gasteiger partial charge in [0.15, 0.2) is 0 Å². The molecule has 0 bridgehead atoms. The first-order chi connectivity index (χ1) is 15.3. The second kappa shape index (κ2) is 8.93. The highest BCUT2D eigenvalue weighted by atomic mass is 32.2. The predicted molar refractivity (Wildman–Crippen MR) is 118 cm³/mol. The lowest BCUT2D eigenvalue weighted by Crippen LogP contribution is -2.40. The van der Waals surface area contributed by atoms with Gasteiger partial charge in [-0.25, -0.2) is 17.9 Å². The molecular formula is C21H26N6O4S. The molecule has 0 spiro atoms. The van der Waals surface area contributed by atoms with Gasteiger partial charge in [-0.15, -0.1) is 0 Å². The number of sulfonamides is 1. The predicted octanol–water partition coefficient (Wildman–Crippen LogP) is 1.64. The molecule has 0 aliphatic carbocycles. The molecule has 2 aromatic heterocycles. The summed E-state index contributed by atoms with van der Waals surface area (Å²) in [6, 6.07) is 4.95. The molecule has 1 amide bonds. The number of carbonyl (C=O) groups excluding carboxylic acids is 1. The van der Waals surface area contributed by atoms with Crippen molar-refractivity contribution in [1.82, 2.24) is 23.9 Å². The fraction of sp³-hybridized carbons (Fsp3) is 0.429. The Balaban J connectivity index is 1.48. The van der Waals surface area contributed by atoms with Crippen molar-refractivity contribution >= 4 is 27.4 Å². The van der Waals surface area contributed by atoms with Crippen molar-refractivity contribution in [2.75, 3.05) is 31.6 Å². The summed E-state index contributed by atoms with van der Waals surface area (Å²) in [4.78, 5) is 21.4.